The van der Waals surface area contributed by atoms with Crippen LogP contribution in [0.5, 0.6) is 0 Å². The van der Waals surface area contributed by atoms with Gasteiger partial charge in [0.25, 0.3) is 0 Å². The molecule has 0 aromatic carbocycles. The molecule has 1 fully saturated rings. The number of pyridine rings is 2. The van der Waals surface area contributed by atoms with Gasteiger partial charge in [-0.05, 0) is 30.3 Å². The molecular weight excluding hydrogens is 427 g/mol. The summed E-state index contributed by atoms with van der Waals surface area (Å²) in [4.78, 5) is 24.5. The van der Waals surface area contributed by atoms with Gasteiger partial charge in [0, 0.05) is 37.2 Å². The fourth-order valence-electron chi connectivity index (χ4n) is 3.92. The number of amides is 2. The Bertz CT molecular complexity index is 1180. The smallest absolute Gasteiger partial charge is 0.389 e. The van der Waals surface area contributed by atoms with Crippen molar-refractivity contribution in [3.63, 3.8) is 0 Å². The molecule has 2 aliphatic rings. The molecule has 2 aliphatic heterocycles. The van der Waals surface area contributed by atoms with Crippen LogP contribution in [0.1, 0.15) is 5.56 Å². The van der Waals surface area contributed by atoms with Crippen LogP contribution in [-0.2, 0) is 6.18 Å². The van der Waals surface area contributed by atoms with Crippen molar-refractivity contribution in [2.45, 2.75) is 18.3 Å². The largest absolute Gasteiger partial charge is 0.417 e. The lowest BCUT2D eigenvalue weighted by Gasteiger charge is -2.36. The maximum absolute atomic E-state index is 13.1. The van der Waals surface area contributed by atoms with Gasteiger partial charge in [-0.3, -0.25) is 15.2 Å². The van der Waals surface area contributed by atoms with E-state index in [1.54, 1.807) is 24.3 Å². The van der Waals surface area contributed by atoms with E-state index in [1.165, 1.54) is 17.3 Å². The normalized spacial score (nSPS) is 19.6. The van der Waals surface area contributed by atoms with Gasteiger partial charge < -0.3 is 10.0 Å². The van der Waals surface area contributed by atoms with E-state index in [1.807, 2.05) is 4.90 Å². The van der Waals surface area contributed by atoms with E-state index in [2.05, 4.69) is 25.5 Å². The van der Waals surface area contributed by atoms with Crippen molar-refractivity contribution in [1.29, 1.82) is 0 Å². The first-order valence-corrected chi connectivity index (χ1v) is 9.66. The van der Waals surface area contributed by atoms with Crippen LogP contribution >= 0.6 is 0 Å². The molecule has 12 heteroatoms. The number of urea groups is 1. The number of anilines is 3. The number of nitrogens with one attached hydrogen (secondary N) is 1. The number of rotatable bonds is 2. The van der Waals surface area contributed by atoms with Crippen molar-refractivity contribution in [1.82, 2.24) is 20.2 Å². The van der Waals surface area contributed by atoms with Gasteiger partial charge in [0.05, 0.1) is 29.1 Å². The van der Waals surface area contributed by atoms with E-state index in [-0.39, 0.29) is 22.9 Å². The molecule has 0 unspecified atom stereocenters. The molecule has 2 atom stereocenters. The number of nitrogens with zero attached hydrogens (tertiary/aromatic N) is 6. The predicted octanol–water partition coefficient (Wildman–Crippen LogP) is 2.55. The predicted molar refractivity (Wildman–Crippen MR) is 108 cm³/mol. The van der Waals surface area contributed by atoms with Gasteiger partial charge in [-0.25, -0.2) is 9.78 Å². The Morgan fingerprint density at radius 3 is 2.78 bits per heavy atom. The van der Waals surface area contributed by atoms with Gasteiger partial charge in [-0.1, -0.05) is 0 Å². The van der Waals surface area contributed by atoms with E-state index in [9.17, 15) is 23.1 Å². The Morgan fingerprint density at radius 1 is 1.19 bits per heavy atom. The Labute approximate surface area is 179 Å². The third-order valence-electron chi connectivity index (χ3n) is 5.40. The summed E-state index contributed by atoms with van der Waals surface area (Å²) in [6.45, 7) is 0.701. The van der Waals surface area contributed by atoms with Crippen LogP contribution in [0.3, 0.4) is 0 Å². The first-order valence-electron chi connectivity index (χ1n) is 9.66. The Morgan fingerprint density at radius 2 is 2.03 bits per heavy atom. The van der Waals surface area contributed by atoms with Crippen molar-refractivity contribution in [3.05, 3.63) is 54.5 Å². The van der Waals surface area contributed by atoms with Crippen LogP contribution in [0.2, 0.25) is 0 Å². The number of hydrogen-bond donors (Lipinski definition) is 2. The maximum Gasteiger partial charge on any atom is 0.417 e. The van der Waals surface area contributed by atoms with E-state index in [4.69, 9.17) is 0 Å². The summed E-state index contributed by atoms with van der Waals surface area (Å²) in [7, 11) is 0. The fourth-order valence-corrected chi connectivity index (χ4v) is 3.92. The van der Waals surface area contributed by atoms with Gasteiger partial charge in [-0.15, -0.1) is 5.10 Å². The zero-order valence-corrected chi connectivity index (χ0v) is 16.4. The van der Waals surface area contributed by atoms with E-state index in [0.29, 0.717) is 18.8 Å². The lowest BCUT2D eigenvalue weighted by atomic mass is 10.1. The highest BCUT2D eigenvalue weighted by atomic mass is 19.4. The zero-order valence-electron chi connectivity index (χ0n) is 16.4. The second-order valence-corrected chi connectivity index (χ2v) is 7.45. The van der Waals surface area contributed by atoms with E-state index < -0.39 is 29.9 Å². The van der Waals surface area contributed by atoms with Crippen molar-refractivity contribution < 1.29 is 23.1 Å². The SMILES string of the molecule is O=C(Nc1cccnn1)N1c2nc(-c3cncc(C(F)(F)F)c3)ccc2N2C[C@@H](O)[C@H]1C2. The maximum atomic E-state index is 13.1. The van der Waals surface area contributed by atoms with Crippen LogP contribution < -0.4 is 15.1 Å². The third kappa shape index (κ3) is 3.47. The number of fused-ring (bicyclic) bond motifs is 4. The van der Waals surface area contributed by atoms with E-state index >= 15 is 0 Å². The number of aliphatic hydroxyl groups is 1. The lowest BCUT2D eigenvalue weighted by Crippen LogP contribution is -2.51. The molecule has 2 N–H and O–H groups in total. The summed E-state index contributed by atoms with van der Waals surface area (Å²) in [5.41, 5.74) is 0.0730. The van der Waals surface area contributed by atoms with Crippen LogP contribution in [0.4, 0.5) is 35.3 Å². The minimum atomic E-state index is -4.55. The molecule has 32 heavy (non-hydrogen) atoms. The highest BCUT2D eigenvalue weighted by molar-refractivity contribution is 6.04. The Hall–Kier alpha value is -3.80. The van der Waals surface area contributed by atoms with Crippen molar-refractivity contribution in [2.24, 2.45) is 0 Å². The Balaban J connectivity index is 1.56. The molecular formula is C20H16F3N7O2. The average molecular weight is 443 g/mol. The molecule has 9 nitrogen and oxygen atoms in total. The van der Waals surface area contributed by atoms with Crippen molar-refractivity contribution in [3.8, 4) is 11.3 Å². The molecule has 3 aromatic rings. The number of aromatic nitrogens is 4. The van der Waals surface area contributed by atoms with Crippen molar-refractivity contribution >= 4 is 23.4 Å². The molecule has 5 rings (SSSR count). The summed E-state index contributed by atoms with van der Waals surface area (Å²) in [6, 6.07) is 6.21. The number of carbonyl (C=O) groups excluding carboxylic acids is 1. The molecule has 0 saturated carbocycles. The Kier molecular flexibility index (Phi) is 4.66. The van der Waals surface area contributed by atoms with Gasteiger partial charge >= 0.3 is 12.2 Å². The molecule has 0 aliphatic carbocycles. The number of aliphatic hydroxyl groups excluding tert-OH is 1. The summed E-state index contributed by atoms with van der Waals surface area (Å²) in [5, 5.41) is 20.7. The second kappa shape index (κ2) is 7.41. The molecule has 164 valence electrons. The standard InChI is InChI=1S/C20H16F3N7O2/c21-20(22,23)12-6-11(7-24-8-12)13-3-4-14-18(26-13)30(15-9-29(14)10-16(15)31)19(32)27-17-2-1-5-25-28-17/h1-8,15-16,31H,9-10H2,(H,27,28,32)/t15-,16-/m1/s1. The van der Waals surface area contributed by atoms with Crippen LogP contribution in [-0.4, -0.2) is 56.5 Å². The average Bonchev–Trinajstić information content (AvgIpc) is 3.10. The third-order valence-corrected chi connectivity index (χ3v) is 5.40. The summed E-state index contributed by atoms with van der Waals surface area (Å²) in [6.07, 6.45) is -1.89. The number of carbonyl (C=O) groups is 1. The molecule has 0 radical (unpaired) electrons. The van der Waals surface area contributed by atoms with Crippen LogP contribution in [0, 0.1) is 0 Å². The quantitative estimate of drug-likeness (QED) is 0.627. The minimum absolute atomic E-state index is 0.158. The molecule has 2 amide bonds. The zero-order chi connectivity index (χ0) is 22.5. The first kappa shape index (κ1) is 20.1. The van der Waals surface area contributed by atoms with Gasteiger partial charge in [0.15, 0.2) is 11.6 Å². The highest BCUT2D eigenvalue weighted by Crippen LogP contribution is 2.41. The first-order chi connectivity index (χ1) is 15.3. The summed E-state index contributed by atoms with van der Waals surface area (Å²) in [5.74, 6) is 0.446. The number of halogens is 3. The topological polar surface area (TPSA) is 107 Å². The molecule has 5 heterocycles. The van der Waals surface area contributed by atoms with E-state index in [0.717, 1.165) is 12.3 Å². The second-order valence-electron chi connectivity index (χ2n) is 7.45. The molecule has 0 spiro atoms. The van der Waals surface area contributed by atoms with Gasteiger partial charge in [0.1, 0.15) is 0 Å². The minimum Gasteiger partial charge on any atom is -0.389 e. The van der Waals surface area contributed by atoms with Gasteiger partial charge in [-0.2, -0.15) is 18.3 Å². The summed E-state index contributed by atoms with van der Waals surface area (Å²) < 4.78 is 39.4. The monoisotopic (exact) mass is 443 g/mol. The molecule has 1 saturated heterocycles. The number of hydrogen-bond acceptors (Lipinski definition) is 7. The van der Waals surface area contributed by atoms with Crippen LogP contribution in [0.15, 0.2) is 48.9 Å². The lowest BCUT2D eigenvalue weighted by molar-refractivity contribution is -0.137. The number of alkyl halides is 3. The van der Waals surface area contributed by atoms with Crippen LogP contribution in [0.25, 0.3) is 11.3 Å². The molecule has 2 bridgehead atoms. The molecule has 3 aromatic heterocycles. The summed E-state index contributed by atoms with van der Waals surface area (Å²) >= 11 is 0. The fraction of sp³-hybridized carbons (Fsp3) is 0.250. The van der Waals surface area contributed by atoms with Gasteiger partial charge in [0.2, 0.25) is 0 Å². The van der Waals surface area contributed by atoms with Crippen molar-refractivity contribution in [2.75, 3.05) is 28.2 Å². The highest BCUT2D eigenvalue weighted by Gasteiger charge is 2.45.